The van der Waals surface area contributed by atoms with Gasteiger partial charge in [-0.25, -0.2) is 9.59 Å². The molecule has 1 aliphatic heterocycles. The van der Waals surface area contributed by atoms with Gasteiger partial charge in [0.1, 0.15) is 12.7 Å². The number of rotatable bonds is 4. The Labute approximate surface area is 166 Å². The van der Waals surface area contributed by atoms with E-state index in [1.807, 2.05) is 32.1 Å². The van der Waals surface area contributed by atoms with Crippen LogP contribution in [0.4, 0.5) is 0 Å². The maximum atomic E-state index is 12.5. The van der Waals surface area contributed by atoms with E-state index in [0.29, 0.717) is 12.0 Å². The van der Waals surface area contributed by atoms with E-state index in [4.69, 9.17) is 9.47 Å². The Kier molecular flexibility index (Phi) is 5.41. The van der Waals surface area contributed by atoms with E-state index in [0.717, 1.165) is 12.8 Å². The third-order valence-electron chi connectivity index (χ3n) is 6.70. The van der Waals surface area contributed by atoms with Gasteiger partial charge in [0.2, 0.25) is 0 Å². The molecule has 0 aromatic rings. The number of ether oxygens (including phenoxy) is 2. The number of allylic oxidation sites excluding steroid dienone is 5. The molecule has 1 saturated heterocycles. The Balaban J connectivity index is 1.93. The smallest absolute Gasteiger partial charge is 0.343 e. The average molecular weight is 386 g/mol. The molecule has 152 valence electrons. The molecular formula is C23H30O5. The van der Waals surface area contributed by atoms with E-state index in [1.54, 1.807) is 18.2 Å². The Hall–Kier alpha value is -2.14. The lowest BCUT2D eigenvalue weighted by Gasteiger charge is -2.59. The van der Waals surface area contributed by atoms with E-state index in [2.05, 4.69) is 13.8 Å². The van der Waals surface area contributed by atoms with Gasteiger partial charge in [0.05, 0.1) is 0 Å². The van der Waals surface area contributed by atoms with Gasteiger partial charge in [-0.05, 0) is 31.3 Å². The van der Waals surface area contributed by atoms with E-state index in [-0.39, 0.29) is 17.9 Å². The number of hydrogen-bond donors (Lipinski definition) is 1. The summed E-state index contributed by atoms with van der Waals surface area (Å²) in [5.41, 5.74) is -2.06. The first-order valence-corrected chi connectivity index (χ1v) is 9.94. The molecule has 5 heteroatoms. The highest BCUT2D eigenvalue weighted by Gasteiger charge is 2.69. The summed E-state index contributed by atoms with van der Waals surface area (Å²) in [6.45, 7) is 8.14. The van der Waals surface area contributed by atoms with Crippen LogP contribution >= 0.6 is 0 Å². The van der Waals surface area contributed by atoms with Gasteiger partial charge < -0.3 is 14.6 Å². The zero-order valence-electron chi connectivity index (χ0n) is 17.1. The van der Waals surface area contributed by atoms with Crippen LogP contribution in [0.3, 0.4) is 0 Å². The molecule has 0 aromatic heterocycles. The van der Waals surface area contributed by atoms with Crippen molar-refractivity contribution in [3.63, 3.8) is 0 Å². The number of carbonyl (C=O) groups is 2. The highest BCUT2D eigenvalue weighted by Crippen LogP contribution is 2.63. The molecule has 5 nitrogen and oxygen atoms in total. The minimum absolute atomic E-state index is 0.0497. The largest absolute Gasteiger partial charge is 0.459 e. The predicted molar refractivity (Wildman–Crippen MR) is 106 cm³/mol. The lowest BCUT2D eigenvalue weighted by atomic mass is 9.46. The summed E-state index contributed by atoms with van der Waals surface area (Å²) in [5.74, 6) is -1.21. The van der Waals surface area contributed by atoms with E-state index in [9.17, 15) is 14.7 Å². The average Bonchev–Trinajstić information content (AvgIpc) is 2.90. The molecule has 28 heavy (non-hydrogen) atoms. The third kappa shape index (κ3) is 3.16. The number of aliphatic hydroxyl groups is 1. The van der Waals surface area contributed by atoms with Crippen LogP contribution in [-0.4, -0.2) is 35.4 Å². The number of cyclic esters (lactones) is 1. The molecule has 4 unspecified atom stereocenters. The zero-order valence-corrected chi connectivity index (χ0v) is 17.1. The molecule has 4 atom stereocenters. The van der Waals surface area contributed by atoms with Crippen molar-refractivity contribution in [2.45, 2.75) is 58.7 Å². The van der Waals surface area contributed by atoms with Gasteiger partial charge in [0, 0.05) is 23.0 Å². The Morgan fingerprint density at radius 2 is 1.93 bits per heavy atom. The maximum absolute atomic E-state index is 12.5. The molecule has 1 N–H and O–H groups in total. The summed E-state index contributed by atoms with van der Waals surface area (Å²) in [7, 11) is 0. The zero-order chi connectivity index (χ0) is 20.6. The summed E-state index contributed by atoms with van der Waals surface area (Å²) in [6.07, 6.45) is 14.1. The molecule has 3 rings (SSSR count). The first kappa shape index (κ1) is 20.6. The van der Waals surface area contributed by atoms with Crippen molar-refractivity contribution in [2.75, 3.05) is 6.61 Å². The molecule has 0 bridgehead atoms. The lowest BCUT2D eigenvalue weighted by Crippen LogP contribution is -2.65. The van der Waals surface area contributed by atoms with Crippen LogP contribution in [0.2, 0.25) is 0 Å². The van der Waals surface area contributed by atoms with Crippen LogP contribution in [0.15, 0.2) is 48.1 Å². The molecule has 1 heterocycles. The van der Waals surface area contributed by atoms with Crippen LogP contribution in [-0.2, 0) is 19.1 Å². The highest BCUT2D eigenvalue weighted by atomic mass is 16.6. The summed E-state index contributed by atoms with van der Waals surface area (Å²) in [6, 6.07) is 0. The van der Waals surface area contributed by atoms with E-state index >= 15 is 0 Å². The van der Waals surface area contributed by atoms with Crippen molar-refractivity contribution < 1.29 is 24.2 Å². The van der Waals surface area contributed by atoms with Crippen molar-refractivity contribution in [2.24, 2.45) is 16.7 Å². The second kappa shape index (κ2) is 7.36. The Bertz CT molecular complexity index is 772. The monoisotopic (exact) mass is 386 g/mol. The van der Waals surface area contributed by atoms with E-state index in [1.165, 1.54) is 6.08 Å². The lowest BCUT2D eigenvalue weighted by molar-refractivity contribution is -0.194. The van der Waals surface area contributed by atoms with Crippen LogP contribution in [0.25, 0.3) is 0 Å². The highest BCUT2D eigenvalue weighted by molar-refractivity contribution is 5.88. The van der Waals surface area contributed by atoms with Gasteiger partial charge in [-0.15, -0.1) is 0 Å². The van der Waals surface area contributed by atoms with Gasteiger partial charge in [-0.3, -0.25) is 0 Å². The van der Waals surface area contributed by atoms with Gasteiger partial charge in [0.25, 0.3) is 0 Å². The van der Waals surface area contributed by atoms with Gasteiger partial charge >= 0.3 is 11.9 Å². The van der Waals surface area contributed by atoms with Crippen LogP contribution < -0.4 is 0 Å². The van der Waals surface area contributed by atoms with E-state index < -0.39 is 29.1 Å². The van der Waals surface area contributed by atoms with Crippen molar-refractivity contribution >= 4 is 11.9 Å². The van der Waals surface area contributed by atoms with Gasteiger partial charge in [-0.2, -0.15) is 0 Å². The maximum Gasteiger partial charge on any atom is 0.343 e. The van der Waals surface area contributed by atoms with Crippen molar-refractivity contribution in [3.8, 4) is 0 Å². The van der Waals surface area contributed by atoms with Crippen molar-refractivity contribution in [1.82, 2.24) is 0 Å². The minimum atomic E-state index is -1.64. The first-order valence-electron chi connectivity index (χ1n) is 9.94. The Morgan fingerprint density at radius 1 is 1.21 bits per heavy atom. The normalized spacial score (nSPS) is 37.0. The first-order chi connectivity index (χ1) is 13.2. The summed E-state index contributed by atoms with van der Waals surface area (Å²) < 4.78 is 11.0. The molecular weight excluding hydrogens is 356 g/mol. The number of hydrogen-bond acceptors (Lipinski definition) is 5. The number of esters is 2. The topological polar surface area (TPSA) is 72.8 Å². The SMILES string of the molecule is C/C=C/C=C/C=C/C(=O)OC1C=C2COC(=O)C2(O)C2(C)CCCC(C)(C)C12. The second-order valence-electron chi connectivity index (χ2n) is 8.89. The standard InChI is InChI=1S/C23H30O5/c1-5-6-7-8-9-11-18(24)28-17-14-16-15-27-20(25)23(16,26)22(4)13-10-12-21(2,3)19(17)22/h5-9,11,14,17,19,26H,10,12-13,15H2,1-4H3/b6-5+,8-7+,11-9+. The molecule has 0 spiro atoms. The fourth-order valence-corrected chi connectivity index (χ4v) is 5.49. The Morgan fingerprint density at radius 3 is 2.64 bits per heavy atom. The van der Waals surface area contributed by atoms with Gasteiger partial charge in [0.15, 0.2) is 5.60 Å². The minimum Gasteiger partial charge on any atom is -0.459 e. The summed E-state index contributed by atoms with van der Waals surface area (Å²) in [4.78, 5) is 24.9. The quantitative estimate of drug-likeness (QED) is 0.346. The van der Waals surface area contributed by atoms with Crippen LogP contribution in [0.5, 0.6) is 0 Å². The molecule has 2 fully saturated rings. The fraction of sp³-hybridized carbons (Fsp3) is 0.565. The molecule has 0 aromatic carbocycles. The summed E-state index contributed by atoms with van der Waals surface area (Å²) in [5, 5.41) is 11.4. The number of fused-ring (bicyclic) bond motifs is 3. The number of carbonyl (C=O) groups excluding carboxylic acids is 2. The molecule has 0 radical (unpaired) electrons. The van der Waals surface area contributed by atoms with Crippen LogP contribution in [0.1, 0.15) is 47.0 Å². The molecule has 1 saturated carbocycles. The van der Waals surface area contributed by atoms with Crippen molar-refractivity contribution in [1.29, 1.82) is 0 Å². The summed E-state index contributed by atoms with van der Waals surface area (Å²) >= 11 is 0. The predicted octanol–water partition coefficient (Wildman–Crippen LogP) is 3.65. The molecule has 0 amide bonds. The van der Waals surface area contributed by atoms with Gasteiger partial charge in [-0.1, -0.05) is 57.6 Å². The van der Waals surface area contributed by atoms with Crippen LogP contribution in [0, 0.1) is 16.7 Å². The molecule has 2 aliphatic carbocycles. The molecule has 3 aliphatic rings. The van der Waals surface area contributed by atoms with Crippen molar-refractivity contribution in [3.05, 3.63) is 48.1 Å². The fourth-order valence-electron chi connectivity index (χ4n) is 5.49. The third-order valence-corrected chi connectivity index (χ3v) is 6.70. The second-order valence-corrected chi connectivity index (χ2v) is 8.89.